The van der Waals surface area contributed by atoms with Crippen LogP contribution in [-0.2, 0) is 11.3 Å². The van der Waals surface area contributed by atoms with Gasteiger partial charge in [0.25, 0.3) is 5.69 Å². The van der Waals surface area contributed by atoms with Gasteiger partial charge in [-0.25, -0.2) is 0 Å². The molecule has 1 atom stereocenters. The van der Waals surface area contributed by atoms with Crippen LogP contribution in [-0.4, -0.2) is 28.3 Å². The van der Waals surface area contributed by atoms with Crippen LogP contribution < -0.4 is 17.0 Å². The van der Waals surface area contributed by atoms with Crippen molar-refractivity contribution in [2.24, 2.45) is 11.6 Å². The van der Waals surface area contributed by atoms with E-state index >= 15 is 0 Å². The van der Waals surface area contributed by atoms with E-state index in [1.807, 2.05) is 4.90 Å². The summed E-state index contributed by atoms with van der Waals surface area (Å²) < 4.78 is 0. The summed E-state index contributed by atoms with van der Waals surface area (Å²) in [5, 5.41) is 10.8. The van der Waals surface area contributed by atoms with Crippen molar-refractivity contribution >= 4 is 17.3 Å². The van der Waals surface area contributed by atoms with Crippen LogP contribution in [0.1, 0.15) is 18.4 Å². The number of hydrogen-bond acceptors (Lipinski definition) is 6. The predicted molar refractivity (Wildman–Crippen MR) is 73.5 cm³/mol. The zero-order valence-electron chi connectivity index (χ0n) is 10.9. The van der Waals surface area contributed by atoms with Crippen LogP contribution in [0, 0.1) is 10.1 Å². The lowest BCUT2D eigenvalue weighted by Crippen LogP contribution is -2.39. The quantitative estimate of drug-likeness (QED) is 0.405. The number of carbonyl (C=O) groups excluding carboxylic acids is 1. The van der Waals surface area contributed by atoms with Crippen molar-refractivity contribution in [2.75, 3.05) is 12.0 Å². The number of carbonyl (C=O) groups is 1. The molecule has 0 spiro atoms. The molecule has 1 heterocycles. The van der Waals surface area contributed by atoms with E-state index in [-0.39, 0.29) is 23.3 Å². The summed E-state index contributed by atoms with van der Waals surface area (Å²) in [6.07, 6.45) is 1.67. The minimum Gasteiger partial charge on any atom is -0.368 e. The number of benzene rings is 1. The summed E-state index contributed by atoms with van der Waals surface area (Å²) in [6, 6.07) is 4.42. The molecule has 5 N–H and O–H groups in total. The molecule has 0 aromatic heterocycles. The van der Waals surface area contributed by atoms with E-state index in [1.54, 1.807) is 12.1 Å². The van der Waals surface area contributed by atoms with Gasteiger partial charge in [0.05, 0.1) is 11.0 Å². The van der Waals surface area contributed by atoms with Crippen molar-refractivity contribution in [3.8, 4) is 0 Å². The van der Waals surface area contributed by atoms with Gasteiger partial charge in [-0.05, 0) is 31.0 Å². The molecule has 1 aliphatic rings. The molecule has 1 aliphatic heterocycles. The van der Waals surface area contributed by atoms with Gasteiger partial charge in [-0.3, -0.25) is 25.7 Å². The Balaban J connectivity index is 2.17. The number of likely N-dealkylation sites (tertiary alicyclic amines) is 1. The second kappa shape index (κ2) is 5.85. The number of hydrazine groups is 1. The van der Waals surface area contributed by atoms with E-state index in [2.05, 4.69) is 5.43 Å². The number of nitro groups is 1. The Morgan fingerprint density at radius 3 is 2.90 bits per heavy atom. The standard InChI is InChI=1S/C12H17N5O3/c13-12(18)11-2-1-5-16(11)7-8-3-4-10(17(19)20)9(6-8)15-14/h3-4,6,11,15H,1-2,5,7,14H2,(H2,13,18). The molecule has 0 radical (unpaired) electrons. The molecule has 2 rings (SSSR count). The molecule has 1 aromatic carbocycles. The molecule has 8 heteroatoms. The minimum atomic E-state index is -0.499. The number of hydrogen-bond donors (Lipinski definition) is 3. The lowest BCUT2D eigenvalue weighted by Gasteiger charge is -2.21. The lowest BCUT2D eigenvalue weighted by atomic mass is 10.1. The zero-order chi connectivity index (χ0) is 14.7. The molecular formula is C12H17N5O3. The molecule has 1 aromatic rings. The molecule has 0 bridgehead atoms. The average Bonchev–Trinajstić information content (AvgIpc) is 2.86. The normalized spacial score (nSPS) is 18.9. The Morgan fingerprint density at radius 1 is 1.55 bits per heavy atom. The summed E-state index contributed by atoms with van der Waals surface area (Å²) in [7, 11) is 0. The third-order valence-corrected chi connectivity index (χ3v) is 3.49. The Bertz CT molecular complexity index is 534. The Kier molecular flexibility index (Phi) is 4.16. The van der Waals surface area contributed by atoms with Crippen molar-refractivity contribution in [3.05, 3.63) is 33.9 Å². The van der Waals surface area contributed by atoms with E-state index in [9.17, 15) is 14.9 Å². The number of amides is 1. The minimum absolute atomic E-state index is 0.0795. The number of nitrogens with two attached hydrogens (primary N) is 2. The van der Waals surface area contributed by atoms with Crippen molar-refractivity contribution < 1.29 is 9.72 Å². The summed E-state index contributed by atoms with van der Waals surface area (Å²) >= 11 is 0. The smallest absolute Gasteiger partial charge is 0.293 e. The number of nitrogens with zero attached hydrogens (tertiary/aromatic N) is 2. The number of nitrogens with one attached hydrogen (secondary N) is 1. The van der Waals surface area contributed by atoms with Crippen LogP contribution in [0.15, 0.2) is 18.2 Å². The van der Waals surface area contributed by atoms with Crippen molar-refractivity contribution in [1.29, 1.82) is 0 Å². The fourth-order valence-electron chi connectivity index (χ4n) is 2.53. The SMILES string of the molecule is NNc1cc(CN2CCCC2C(N)=O)ccc1[N+](=O)[O-]. The highest BCUT2D eigenvalue weighted by atomic mass is 16.6. The summed E-state index contributed by atoms with van der Waals surface area (Å²) in [5.74, 6) is 4.97. The summed E-state index contributed by atoms with van der Waals surface area (Å²) in [6.45, 7) is 1.30. The molecule has 8 nitrogen and oxygen atoms in total. The van der Waals surface area contributed by atoms with E-state index in [0.29, 0.717) is 6.54 Å². The Hall–Kier alpha value is -2.19. The van der Waals surface area contributed by atoms with E-state index in [1.165, 1.54) is 6.07 Å². The van der Waals surface area contributed by atoms with E-state index < -0.39 is 4.92 Å². The van der Waals surface area contributed by atoms with Gasteiger partial charge in [-0.1, -0.05) is 6.07 Å². The van der Waals surface area contributed by atoms with Gasteiger partial charge < -0.3 is 11.2 Å². The van der Waals surface area contributed by atoms with Gasteiger partial charge in [-0.15, -0.1) is 0 Å². The number of rotatable bonds is 5. The largest absolute Gasteiger partial charge is 0.368 e. The number of nitro benzene ring substituents is 1. The summed E-state index contributed by atoms with van der Waals surface area (Å²) in [4.78, 5) is 23.6. The fraction of sp³-hybridized carbons (Fsp3) is 0.417. The first-order valence-electron chi connectivity index (χ1n) is 6.30. The summed E-state index contributed by atoms with van der Waals surface area (Å²) in [5.41, 5.74) is 8.70. The second-order valence-corrected chi connectivity index (χ2v) is 4.78. The van der Waals surface area contributed by atoms with Crippen LogP contribution in [0.25, 0.3) is 0 Å². The monoisotopic (exact) mass is 279 g/mol. The molecule has 0 aliphatic carbocycles. The van der Waals surface area contributed by atoms with Crippen molar-refractivity contribution in [3.63, 3.8) is 0 Å². The lowest BCUT2D eigenvalue weighted by molar-refractivity contribution is -0.384. The third-order valence-electron chi connectivity index (χ3n) is 3.49. The first-order valence-corrected chi connectivity index (χ1v) is 6.30. The van der Waals surface area contributed by atoms with Gasteiger partial charge in [0.15, 0.2) is 0 Å². The maximum absolute atomic E-state index is 11.3. The van der Waals surface area contributed by atoms with Gasteiger partial charge in [0, 0.05) is 12.6 Å². The Labute approximate surface area is 115 Å². The number of primary amides is 1. The van der Waals surface area contributed by atoms with Crippen LogP contribution >= 0.6 is 0 Å². The molecule has 20 heavy (non-hydrogen) atoms. The first kappa shape index (κ1) is 14.2. The first-order chi connectivity index (χ1) is 9.52. The maximum Gasteiger partial charge on any atom is 0.293 e. The van der Waals surface area contributed by atoms with Crippen LogP contribution in [0.2, 0.25) is 0 Å². The van der Waals surface area contributed by atoms with Crippen molar-refractivity contribution in [1.82, 2.24) is 4.90 Å². The highest BCUT2D eigenvalue weighted by Crippen LogP contribution is 2.26. The molecule has 108 valence electrons. The van der Waals surface area contributed by atoms with Crippen molar-refractivity contribution in [2.45, 2.75) is 25.4 Å². The third kappa shape index (κ3) is 2.86. The van der Waals surface area contributed by atoms with Gasteiger partial charge in [0.2, 0.25) is 5.91 Å². The van der Waals surface area contributed by atoms with Gasteiger partial charge >= 0.3 is 0 Å². The molecule has 1 amide bonds. The van der Waals surface area contributed by atoms with Crippen LogP contribution in [0.5, 0.6) is 0 Å². The molecule has 1 saturated heterocycles. The zero-order valence-corrected chi connectivity index (χ0v) is 10.9. The van der Waals surface area contributed by atoms with Crippen LogP contribution in [0.3, 0.4) is 0 Å². The molecule has 1 unspecified atom stereocenters. The Morgan fingerprint density at radius 2 is 2.30 bits per heavy atom. The number of nitrogen functional groups attached to an aromatic ring is 1. The second-order valence-electron chi connectivity index (χ2n) is 4.78. The highest BCUT2D eigenvalue weighted by molar-refractivity contribution is 5.80. The van der Waals surface area contributed by atoms with Gasteiger partial charge in [0.1, 0.15) is 5.69 Å². The maximum atomic E-state index is 11.3. The van der Waals surface area contributed by atoms with Gasteiger partial charge in [-0.2, -0.15) is 0 Å². The molecular weight excluding hydrogens is 262 g/mol. The predicted octanol–water partition coefficient (Wildman–Crippen LogP) is 0.330. The average molecular weight is 279 g/mol. The topological polar surface area (TPSA) is 128 Å². The fourth-order valence-corrected chi connectivity index (χ4v) is 2.53. The number of anilines is 1. The highest BCUT2D eigenvalue weighted by Gasteiger charge is 2.29. The van der Waals surface area contributed by atoms with Crippen LogP contribution in [0.4, 0.5) is 11.4 Å². The molecule has 1 fully saturated rings. The van der Waals surface area contributed by atoms with E-state index in [4.69, 9.17) is 11.6 Å². The van der Waals surface area contributed by atoms with E-state index in [0.717, 1.165) is 24.9 Å². The molecule has 0 saturated carbocycles.